The van der Waals surface area contributed by atoms with Crippen LogP contribution in [0.4, 0.5) is 0 Å². The molecule has 0 amide bonds. The number of nitrogens with zero attached hydrogens (tertiary/aromatic N) is 5. The summed E-state index contributed by atoms with van der Waals surface area (Å²) in [5.41, 5.74) is 0. The van der Waals surface area contributed by atoms with E-state index in [1.807, 2.05) is 18.5 Å². The number of hydrogen-bond donors (Lipinski definition) is 1. The lowest BCUT2D eigenvalue weighted by atomic mass is 10.1. The molecule has 1 aromatic heterocycles. The van der Waals surface area contributed by atoms with Crippen LogP contribution in [0.5, 0.6) is 0 Å². The van der Waals surface area contributed by atoms with Crippen molar-refractivity contribution in [2.75, 3.05) is 46.6 Å². The van der Waals surface area contributed by atoms with Crippen molar-refractivity contribution in [3.63, 3.8) is 0 Å². The molecule has 0 radical (unpaired) electrons. The number of likely N-dealkylation sites (tertiary alicyclic amines) is 1. The molecule has 3 heterocycles. The number of aromatic nitrogens is 3. The first-order valence-electron chi connectivity index (χ1n) is 10.8. The Morgan fingerprint density at radius 1 is 1.27 bits per heavy atom. The van der Waals surface area contributed by atoms with Gasteiger partial charge in [-0.25, -0.2) is 4.99 Å². The number of aryl methyl sites for hydroxylation is 1. The van der Waals surface area contributed by atoms with Crippen molar-refractivity contribution in [1.82, 2.24) is 25.0 Å². The van der Waals surface area contributed by atoms with E-state index in [4.69, 9.17) is 19.2 Å². The fraction of sp³-hybridized carbons (Fsp3) is 0.850. The molecular weight excluding hydrogens is 499 g/mol. The summed E-state index contributed by atoms with van der Waals surface area (Å²) < 4.78 is 18.9. The number of nitrogens with one attached hydrogen (secondary N) is 1. The molecule has 2 aliphatic rings. The Morgan fingerprint density at radius 3 is 2.70 bits per heavy atom. The second-order valence-electron chi connectivity index (χ2n) is 7.79. The number of hydrogen-bond acceptors (Lipinski definition) is 6. The molecular formula is C20H37IN6O3. The lowest BCUT2D eigenvalue weighted by Gasteiger charge is -2.34. The third-order valence-corrected chi connectivity index (χ3v) is 5.64. The average Bonchev–Trinajstić information content (AvgIpc) is 3.37. The van der Waals surface area contributed by atoms with E-state index < -0.39 is 0 Å². The van der Waals surface area contributed by atoms with Crippen LogP contribution < -0.4 is 5.32 Å². The fourth-order valence-electron chi connectivity index (χ4n) is 3.67. The lowest BCUT2D eigenvalue weighted by Crippen LogP contribution is -2.47. The number of piperidine rings is 1. The predicted molar refractivity (Wildman–Crippen MR) is 126 cm³/mol. The molecule has 0 spiro atoms. The van der Waals surface area contributed by atoms with Crippen molar-refractivity contribution in [3.8, 4) is 0 Å². The number of halogens is 1. The molecule has 1 unspecified atom stereocenters. The van der Waals surface area contributed by atoms with Crippen LogP contribution in [0.1, 0.15) is 43.8 Å². The van der Waals surface area contributed by atoms with Crippen LogP contribution in [0.15, 0.2) is 4.99 Å². The van der Waals surface area contributed by atoms with Crippen LogP contribution >= 0.6 is 24.0 Å². The quantitative estimate of drug-likeness (QED) is 0.223. The van der Waals surface area contributed by atoms with Gasteiger partial charge in [-0.1, -0.05) is 0 Å². The third-order valence-electron chi connectivity index (χ3n) is 5.64. The smallest absolute Gasteiger partial charge is 0.194 e. The Morgan fingerprint density at radius 2 is 2.07 bits per heavy atom. The number of rotatable bonds is 9. The maximum Gasteiger partial charge on any atom is 0.194 e. The second-order valence-corrected chi connectivity index (χ2v) is 7.79. The minimum absolute atomic E-state index is 0. The summed E-state index contributed by atoms with van der Waals surface area (Å²) in [5, 5.41) is 11.8. The summed E-state index contributed by atoms with van der Waals surface area (Å²) in [6.45, 7) is 7.51. The Hall–Kier alpha value is -0.980. The molecule has 2 fully saturated rings. The first kappa shape index (κ1) is 25.3. The summed E-state index contributed by atoms with van der Waals surface area (Å²) in [6, 6.07) is 0. The molecule has 2 aliphatic heterocycles. The molecule has 1 aromatic rings. The zero-order valence-corrected chi connectivity index (χ0v) is 20.8. The van der Waals surface area contributed by atoms with E-state index in [9.17, 15) is 0 Å². The molecule has 172 valence electrons. The van der Waals surface area contributed by atoms with Gasteiger partial charge < -0.3 is 29.0 Å². The van der Waals surface area contributed by atoms with E-state index in [-0.39, 0.29) is 24.0 Å². The SMILES string of the molecule is COCCCNC(=NCc1nnc(C)n1C)N1CCC(OCC2CCCO2)CC1.I. The topological polar surface area (TPSA) is 86.0 Å². The van der Waals surface area contributed by atoms with Gasteiger partial charge in [0.1, 0.15) is 12.4 Å². The van der Waals surface area contributed by atoms with E-state index in [1.54, 1.807) is 7.11 Å². The Kier molecular flexibility index (Phi) is 11.3. The van der Waals surface area contributed by atoms with E-state index in [2.05, 4.69) is 20.4 Å². The second kappa shape index (κ2) is 13.4. The van der Waals surface area contributed by atoms with Gasteiger partial charge in [0.2, 0.25) is 0 Å². The Balaban J connectivity index is 0.00000320. The minimum atomic E-state index is 0. The van der Waals surface area contributed by atoms with Gasteiger partial charge in [-0.05, 0) is 39.0 Å². The van der Waals surface area contributed by atoms with Gasteiger partial charge in [0.05, 0.1) is 18.8 Å². The molecule has 1 atom stereocenters. The van der Waals surface area contributed by atoms with E-state index in [0.29, 0.717) is 18.8 Å². The van der Waals surface area contributed by atoms with Crippen molar-refractivity contribution >= 4 is 29.9 Å². The summed E-state index contributed by atoms with van der Waals surface area (Å²) in [4.78, 5) is 7.15. The first-order valence-corrected chi connectivity index (χ1v) is 10.8. The van der Waals surface area contributed by atoms with Crippen LogP contribution in [-0.2, 0) is 27.8 Å². The number of guanidine groups is 1. The standard InChI is InChI=1S/C20H36N6O3.HI/c1-16-23-24-19(25(16)2)14-22-20(21-9-5-12-27-3)26-10-7-17(8-11-26)29-15-18-6-4-13-28-18;/h17-18H,4-15H2,1-3H3,(H,21,22);1H. The number of aliphatic imine (C=N–C) groups is 1. The highest BCUT2D eigenvalue weighted by atomic mass is 127. The van der Waals surface area contributed by atoms with Crippen molar-refractivity contribution in [1.29, 1.82) is 0 Å². The maximum atomic E-state index is 6.11. The van der Waals surface area contributed by atoms with Crippen molar-refractivity contribution in [2.24, 2.45) is 12.0 Å². The molecule has 9 nitrogen and oxygen atoms in total. The van der Waals surface area contributed by atoms with Gasteiger partial charge in [0, 0.05) is 47.0 Å². The normalized spacial score (nSPS) is 20.4. The molecule has 2 saturated heterocycles. The van der Waals surface area contributed by atoms with E-state index >= 15 is 0 Å². The van der Waals surface area contributed by atoms with Crippen LogP contribution in [0, 0.1) is 6.92 Å². The largest absolute Gasteiger partial charge is 0.385 e. The van der Waals surface area contributed by atoms with Crippen molar-refractivity contribution in [3.05, 3.63) is 11.6 Å². The third kappa shape index (κ3) is 7.61. The van der Waals surface area contributed by atoms with Gasteiger partial charge in [-0.15, -0.1) is 34.2 Å². The molecule has 0 aliphatic carbocycles. The highest BCUT2D eigenvalue weighted by Gasteiger charge is 2.24. The molecule has 0 saturated carbocycles. The van der Waals surface area contributed by atoms with Crippen molar-refractivity contribution in [2.45, 2.75) is 57.8 Å². The van der Waals surface area contributed by atoms with Crippen LogP contribution in [0.2, 0.25) is 0 Å². The number of methoxy groups -OCH3 is 1. The average molecular weight is 536 g/mol. The predicted octanol–water partition coefficient (Wildman–Crippen LogP) is 1.88. The molecule has 30 heavy (non-hydrogen) atoms. The monoisotopic (exact) mass is 536 g/mol. The Labute approximate surface area is 197 Å². The van der Waals surface area contributed by atoms with Gasteiger partial charge in [-0.3, -0.25) is 0 Å². The van der Waals surface area contributed by atoms with Crippen LogP contribution in [0.25, 0.3) is 0 Å². The maximum absolute atomic E-state index is 6.11. The van der Waals surface area contributed by atoms with Gasteiger partial charge in [0.25, 0.3) is 0 Å². The minimum Gasteiger partial charge on any atom is -0.385 e. The fourth-order valence-corrected chi connectivity index (χ4v) is 3.67. The molecule has 0 bridgehead atoms. The molecule has 10 heteroatoms. The molecule has 1 N–H and O–H groups in total. The lowest BCUT2D eigenvalue weighted by molar-refractivity contribution is -0.0367. The first-order chi connectivity index (χ1) is 14.2. The van der Waals surface area contributed by atoms with Crippen molar-refractivity contribution < 1.29 is 14.2 Å². The summed E-state index contributed by atoms with van der Waals surface area (Å²) in [7, 11) is 3.70. The van der Waals surface area contributed by atoms with Gasteiger partial charge in [0.15, 0.2) is 11.8 Å². The number of ether oxygens (including phenoxy) is 3. The molecule has 3 rings (SSSR count). The summed E-state index contributed by atoms with van der Waals surface area (Å²) in [5.74, 6) is 2.70. The Bertz CT molecular complexity index is 642. The highest BCUT2D eigenvalue weighted by Crippen LogP contribution is 2.18. The van der Waals surface area contributed by atoms with Gasteiger partial charge >= 0.3 is 0 Å². The van der Waals surface area contributed by atoms with E-state index in [1.165, 1.54) is 0 Å². The summed E-state index contributed by atoms with van der Waals surface area (Å²) in [6.07, 6.45) is 5.85. The summed E-state index contributed by atoms with van der Waals surface area (Å²) >= 11 is 0. The molecule has 0 aromatic carbocycles. The van der Waals surface area contributed by atoms with Crippen LogP contribution in [-0.4, -0.2) is 84.4 Å². The van der Waals surface area contributed by atoms with E-state index in [0.717, 1.165) is 89.2 Å². The zero-order valence-electron chi connectivity index (χ0n) is 18.5. The zero-order chi connectivity index (χ0) is 20.5. The van der Waals surface area contributed by atoms with Gasteiger partial charge in [-0.2, -0.15) is 0 Å². The van der Waals surface area contributed by atoms with Crippen LogP contribution in [0.3, 0.4) is 0 Å². The highest BCUT2D eigenvalue weighted by molar-refractivity contribution is 14.0.